The summed E-state index contributed by atoms with van der Waals surface area (Å²) in [5.74, 6) is 1.72. The maximum atomic E-state index is 11.6. The first-order chi connectivity index (χ1) is 7.84. The van der Waals surface area contributed by atoms with E-state index in [2.05, 4.69) is 27.7 Å². The maximum absolute atomic E-state index is 11.6. The number of fused-ring (bicyclic) bond motifs is 1. The number of ketones is 1. The van der Waals surface area contributed by atoms with E-state index < -0.39 is 6.10 Å². The Balaban J connectivity index is 2.35. The minimum atomic E-state index is -0.409. The first-order valence-electron chi connectivity index (χ1n) is 6.77. The van der Waals surface area contributed by atoms with E-state index in [1.807, 2.05) is 0 Å². The molecule has 2 nitrogen and oxygen atoms in total. The number of aliphatic hydroxyl groups excluding tert-OH is 1. The highest BCUT2D eigenvalue weighted by atomic mass is 16.3. The van der Waals surface area contributed by atoms with Gasteiger partial charge in [0.25, 0.3) is 0 Å². The molecule has 0 unspecified atom stereocenters. The summed E-state index contributed by atoms with van der Waals surface area (Å²) in [6, 6.07) is 0. The minimum absolute atomic E-state index is 0.0283. The van der Waals surface area contributed by atoms with E-state index in [0.717, 1.165) is 18.4 Å². The molecule has 4 atom stereocenters. The third-order valence-electron chi connectivity index (χ3n) is 5.09. The van der Waals surface area contributed by atoms with Gasteiger partial charge in [0.15, 0.2) is 5.78 Å². The number of carbonyl (C=O) groups excluding carboxylic acids is 1. The summed E-state index contributed by atoms with van der Waals surface area (Å²) in [5, 5.41) is 10.3. The van der Waals surface area contributed by atoms with Crippen LogP contribution in [-0.4, -0.2) is 17.0 Å². The standard InChI is InChI=1S/C15H24O2/c1-9(2)11-6-14(17)13-7-12(16)5-10(3)15(13,4)8-11/h7,9-11,14,17H,5-6,8H2,1-4H3/t10-,11-,14-,15+/m1/s1. The molecule has 0 spiro atoms. The highest BCUT2D eigenvalue weighted by Crippen LogP contribution is 2.52. The highest BCUT2D eigenvalue weighted by Gasteiger charge is 2.47. The van der Waals surface area contributed by atoms with Crippen LogP contribution in [0.1, 0.15) is 47.0 Å². The molecule has 2 rings (SSSR count). The zero-order valence-corrected chi connectivity index (χ0v) is 11.4. The van der Waals surface area contributed by atoms with Crippen molar-refractivity contribution in [3.8, 4) is 0 Å². The predicted molar refractivity (Wildman–Crippen MR) is 68.5 cm³/mol. The number of allylic oxidation sites excluding steroid dienone is 1. The Morgan fingerprint density at radius 1 is 1.47 bits per heavy atom. The Labute approximate surface area is 104 Å². The summed E-state index contributed by atoms with van der Waals surface area (Å²) in [6.45, 7) is 8.84. The summed E-state index contributed by atoms with van der Waals surface area (Å²) in [4.78, 5) is 11.6. The van der Waals surface area contributed by atoms with Gasteiger partial charge in [-0.1, -0.05) is 27.7 Å². The molecule has 0 radical (unpaired) electrons. The van der Waals surface area contributed by atoms with Gasteiger partial charge in [-0.2, -0.15) is 0 Å². The second kappa shape index (κ2) is 4.24. The number of carbonyl (C=O) groups is 1. The Hall–Kier alpha value is -0.630. The average molecular weight is 236 g/mol. The maximum Gasteiger partial charge on any atom is 0.156 e. The van der Waals surface area contributed by atoms with Crippen LogP contribution >= 0.6 is 0 Å². The van der Waals surface area contributed by atoms with E-state index in [1.54, 1.807) is 6.08 Å². The largest absolute Gasteiger partial charge is 0.389 e. The van der Waals surface area contributed by atoms with Crippen molar-refractivity contribution in [1.29, 1.82) is 0 Å². The van der Waals surface area contributed by atoms with Crippen LogP contribution in [0.2, 0.25) is 0 Å². The van der Waals surface area contributed by atoms with Crippen molar-refractivity contribution in [3.63, 3.8) is 0 Å². The number of hydrogen-bond acceptors (Lipinski definition) is 2. The summed E-state index contributed by atoms with van der Waals surface area (Å²) in [5.41, 5.74) is 1.03. The molecule has 17 heavy (non-hydrogen) atoms. The smallest absolute Gasteiger partial charge is 0.156 e. The minimum Gasteiger partial charge on any atom is -0.389 e. The first kappa shape index (κ1) is 12.8. The van der Waals surface area contributed by atoms with Crippen LogP contribution < -0.4 is 0 Å². The summed E-state index contributed by atoms with van der Waals surface area (Å²) in [6.07, 6.45) is 3.88. The van der Waals surface area contributed by atoms with Crippen molar-refractivity contribution >= 4 is 5.78 Å². The first-order valence-corrected chi connectivity index (χ1v) is 6.77. The van der Waals surface area contributed by atoms with E-state index in [9.17, 15) is 9.90 Å². The molecular formula is C15H24O2. The molecule has 0 amide bonds. The SMILES string of the molecule is CC(C)[C@@H]1C[C@@H](O)C2=CC(=O)C[C@@H](C)[C@]2(C)C1. The van der Waals surface area contributed by atoms with Crippen LogP contribution in [0.15, 0.2) is 11.6 Å². The van der Waals surface area contributed by atoms with Crippen LogP contribution in [0, 0.1) is 23.2 Å². The van der Waals surface area contributed by atoms with Gasteiger partial charge in [0, 0.05) is 6.42 Å². The van der Waals surface area contributed by atoms with Crippen LogP contribution in [0.3, 0.4) is 0 Å². The highest BCUT2D eigenvalue weighted by molar-refractivity contribution is 5.92. The van der Waals surface area contributed by atoms with Crippen LogP contribution in [-0.2, 0) is 4.79 Å². The lowest BCUT2D eigenvalue weighted by atomic mass is 9.56. The topological polar surface area (TPSA) is 37.3 Å². The van der Waals surface area contributed by atoms with Gasteiger partial charge >= 0.3 is 0 Å². The summed E-state index contributed by atoms with van der Waals surface area (Å²) >= 11 is 0. The Kier molecular flexibility index (Phi) is 3.19. The molecule has 2 aliphatic rings. The zero-order valence-electron chi connectivity index (χ0n) is 11.4. The normalized spacial score (nSPS) is 42.4. The van der Waals surface area contributed by atoms with Crippen LogP contribution in [0.4, 0.5) is 0 Å². The quantitative estimate of drug-likeness (QED) is 0.760. The van der Waals surface area contributed by atoms with Crippen molar-refractivity contribution in [3.05, 3.63) is 11.6 Å². The lowest BCUT2D eigenvalue weighted by Gasteiger charge is -2.49. The van der Waals surface area contributed by atoms with Crippen molar-refractivity contribution in [2.45, 2.75) is 53.1 Å². The van der Waals surface area contributed by atoms with Gasteiger partial charge in [0.1, 0.15) is 0 Å². The Bertz CT molecular complexity index is 356. The fourth-order valence-corrected chi connectivity index (χ4v) is 3.55. The zero-order chi connectivity index (χ0) is 12.8. The lowest BCUT2D eigenvalue weighted by molar-refractivity contribution is -0.118. The van der Waals surface area contributed by atoms with E-state index in [-0.39, 0.29) is 11.2 Å². The molecule has 1 fully saturated rings. The molecule has 1 saturated carbocycles. The molecule has 0 aromatic rings. The fourth-order valence-electron chi connectivity index (χ4n) is 3.55. The number of hydrogen-bond donors (Lipinski definition) is 1. The molecule has 0 saturated heterocycles. The van der Waals surface area contributed by atoms with Crippen LogP contribution in [0.5, 0.6) is 0 Å². The molecule has 96 valence electrons. The molecule has 0 aromatic heterocycles. The summed E-state index contributed by atoms with van der Waals surface area (Å²) in [7, 11) is 0. The fraction of sp³-hybridized carbons (Fsp3) is 0.800. The van der Waals surface area contributed by atoms with Crippen molar-refractivity contribution < 1.29 is 9.90 Å². The number of rotatable bonds is 1. The van der Waals surface area contributed by atoms with Gasteiger partial charge in [-0.25, -0.2) is 0 Å². The summed E-state index contributed by atoms with van der Waals surface area (Å²) < 4.78 is 0. The van der Waals surface area contributed by atoms with E-state index in [0.29, 0.717) is 24.2 Å². The van der Waals surface area contributed by atoms with Gasteiger partial charge < -0.3 is 5.11 Å². The molecule has 2 aliphatic carbocycles. The number of aliphatic hydroxyl groups is 1. The second-order valence-electron chi connectivity index (χ2n) is 6.55. The third kappa shape index (κ3) is 2.08. The molecule has 0 bridgehead atoms. The van der Waals surface area contributed by atoms with Crippen molar-refractivity contribution in [2.24, 2.45) is 23.2 Å². The molecule has 2 heteroatoms. The Morgan fingerprint density at radius 2 is 2.12 bits per heavy atom. The van der Waals surface area contributed by atoms with Crippen molar-refractivity contribution in [1.82, 2.24) is 0 Å². The van der Waals surface area contributed by atoms with Crippen molar-refractivity contribution in [2.75, 3.05) is 0 Å². The Morgan fingerprint density at radius 3 is 2.71 bits per heavy atom. The van der Waals surface area contributed by atoms with Gasteiger partial charge in [-0.3, -0.25) is 4.79 Å². The van der Waals surface area contributed by atoms with Crippen LogP contribution in [0.25, 0.3) is 0 Å². The van der Waals surface area contributed by atoms with E-state index in [1.165, 1.54) is 0 Å². The molecule has 0 aromatic carbocycles. The lowest BCUT2D eigenvalue weighted by Crippen LogP contribution is -2.45. The third-order valence-corrected chi connectivity index (χ3v) is 5.09. The van der Waals surface area contributed by atoms with Gasteiger partial charge in [-0.05, 0) is 47.7 Å². The monoisotopic (exact) mass is 236 g/mol. The van der Waals surface area contributed by atoms with Gasteiger partial charge in [0.05, 0.1) is 6.10 Å². The second-order valence-corrected chi connectivity index (χ2v) is 6.55. The van der Waals surface area contributed by atoms with Gasteiger partial charge in [0.2, 0.25) is 0 Å². The molecule has 0 aliphatic heterocycles. The molecular weight excluding hydrogens is 212 g/mol. The average Bonchev–Trinajstić information content (AvgIpc) is 2.21. The predicted octanol–water partition coefficient (Wildman–Crippen LogP) is 2.95. The molecule has 0 heterocycles. The van der Waals surface area contributed by atoms with E-state index in [4.69, 9.17) is 0 Å². The van der Waals surface area contributed by atoms with E-state index >= 15 is 0 Å². The van der Waals surface area contributed by atoms with Gasteiger partial charge in [-0.15, -0.1) is 0 Å². The molecule has 1 N–H and O–H groups in total.